The second-order valence-corrected chi connectivity index (χ2v) is 4.61. The van der Waals surface area contributed by atoms with Crippen molar-refractivity contribution in [3.8, 4) is 0 Å². The molecule has 1 saturated heterocycles. The molecule has 6 heteroatoms. The zero-order valence-electron chi connectivity index (χ0n) is 9.40. The number of alkyl carbamates (subject to hydrolysis) is 1. The van der Waals surface area contributed by atoms with E-state index in [4.69, 9.17) is 10.6 Å². The predicted molar refractivity (Wildman–Crippen MR) is 53.7 cm³/mol. The number of carbonyl (C=O) groups is 2. The lowest BCUT2D eigenvalue weighted by atomic mass is 10.0. The van der Waals surface area contributed by atoms with E-state index in [-0.39, 0.29) is 11.9 Å². The highest BCUT2D eigenvalue weighted by atomic mass is 16.6. The normalized spacial score (nSPS) is 25.9. The summed E-state index contributed by atoms with van der Waals surface area (Å²) in [6.45, 7) is 7.03. The number of amides is 2. The van der Waals surface area contributed by atoms with E-state index in [1.807, 2.05) is 0 Å². The van der Waals surface area contributed by atoms with Crippen molar-refractivity contribution in [1.82, 2.24) is 10.3 Å². The number of nitrogens with one attached hydrogen (secondary N) is 1. The highest BCUT2D eigenvalue weighted by Crippen LogP contribution is 2.15. The topological polar surface area (TPSA) is 84.7 Å². The van der Waals surface area contributed by atoms with Gasteiger partial charge < -0.3 is 10.1 Å². The molecule has 15 heavy (non-hydrogen) atoms. The molecular weight excluding hydrogens is 198 g/mol. The van der Waals surface area contributed by atoms with Crippen molar-refractivity contribution < 1.29 is 14.3 Å². The Balaban J connectivity index is 2.44. The molecule has 86 valence electrons. The minimum absolute atomic E-state index is 0.190. The molecule has 0 aromatic rings. The summed E-state index contributed by atoms with van der Waals surface area (Å²) >= 11 is 0. The Labute approximate surface area is 88.7 Å². The summed E-state index contributed by atoms with van der Waals surface area (Å²) < 4.78 is 5.01. The molecule has 0 aromatic carbocycles. The van der Waals surface area contributed by atoms with Gasteiger partial charge in [0.15, 0.2) is 0 Å². The van der Waals surface area contributed by atoms with Crippen molar-refractivity contribution in [2.24, 2.45) is 5.84 Å². The van der Waals surface area contributed by atoms with E-state index in [1.165, 1.54) is 0 Å². The maximum absolute atomic E-state index is 11.3. The van der Waals surface area contributed by atoms with Crippen LogP contribution in [0.25, 0.3) is 0 Å². The summed E-state index contributed by atoms with van der Waals surface area (Å²) in [6, 6.07) is -0.755. The van der Waals surface area contributed by atoms with E-state index in [0.29, 0.717) is 0 Å². The number of β-lactam (4-membered cyclic amide) rings is 1. The van der Waals surface area contributed by atoms with Crippen LogP contribution in [-0.4, -0.2) is 34.7 Å². The van der Waals surface area contributed by atoms with Crippen LogP contribution in [0.1, 0.15) is 27.7 Å². The second-order valence-electron chi connectivity index (χ2n) is 4.61. The van der Waals surface area contributed by atoms with Crippen LogP contribution >= 0.6 is 0 Å². The van der Waals surface area contributed by atoms with Crippen molar-refractivity contribution in [1.29, 1.82) is 0 Å². The summed E-state index contributed by atoms with van der Waals surface area (Å²) in [5.74, 6) is 5.05. The molecule has 0 radical (unpaired) electrons. The number of rotatable bonds is 1. The highest BCUT2D eigenvalue weighted by Gasteiger charge is 2.44. The Kier molecular flexibility index (Phi) is 2.90. The molecule has 3 N–H and O–H groups in total. The van der Waals surface area contributed by atoms with E-state index in [9.17, 15) is 9.59 Å². The van der Waals surface area contributed by atoms with Crippen LogP contribution < -0.4 is 11.2 Å². The van der Waals surface area contributed by atoms with E-state index >= 15 is 0 Å². The first-order valence-electron chi connectivity index (χ1n) is 4.79. The lowest BCUT2D eigenvalue weighted by molar-refractivity contribution is -0.150. The average molecular weight is 215 g/mol. The molecule has 1 rings (SSSR count). The number of nitrogens with zero attached hydrogens (tertiary/aromatic N) is 1. The molecule has 2 atom stereocenters. The Hall–Kier alpha value is -1.30. The maximum atomic E-state index is 11.3. The number of carbonyl (C=O) groups excluding carboxylic acids is 2. The first-order valence-corrected chi connectivity index (χ1v) is 4.79. The van der Waals surface area contributed by atoms with Gasteiger partial charge in [-0.25, -0.2) is 10.6 Å². The fourth-order valence-electron chi connectivity index (χ4n) is 1.26. The molecule has 0 aromatic heterocycles. The van der Waals surface area contributed by atoms with Crippen LogP contribution in [0.4, 0.5) is 4.79 Å². The van der Waals surface area contributed by atoms with Crippen molar-refractivity contribution in [3.05, 3.63) is 0 Å². The van der Waals surface area contributed by atoms with Gasteiger partial charge in [0.05, 0.1) is 6.04 Å². The van der Waals surface area contributed by atoms with Gasteiger partial charge in [0, 0.05) is 0 Å². The predicted octanol–water partition coefficient (Wildman–Crippen LogP) is -0.0159. The largest absolute Gasteiger partial charge is 0.444 e. The van der Waals surface area contributed by atoms with E-state index in [0.717, 1.165) is 5.01 Å². The quantitative estimate of drug-likeness (QED) is 0.366. The molecule has 0 bridgehead atoms. The first-order chi connectivity index (χ1) is 6.72. The minimum atomic E-state index is -0.596. The van der Waals surface area contributed by atoms with Gasteiger partial charge in [0.2, 0.25) is 0 Å². The molecule has 1 fully saturated rings. The monoisotopic (exact) mass is 215 g/mol. The van der Waals surface area contributed by atoms with Crippen LogP contribution in [0.2, 0.25) is 0 Å². The summed E-state index contributed by atoms with van der Waals surface area (Å²) in [5.41, 5.74) is -0.567. The fourth-order valence-corrected chi connectivity index (χ4v) is 1.26. The maximum Gasteiger partial charge on any atom is 0.408 e. The zero-order valence-corrected chi connectivity index (χ0v) is 9.40. The number of hydrazine groups is 1. The first kappa shape index (κ1) is 11.8. The van der Waals surface area contributed by atoms with Gasteiger partial charge in [-0.2, -0.15) is 0 Å². The molecule has 0 saturated carbocycles. The fraction of sp³-hybridized carbons (Fsp3) is 0.778. The molecule has 6 nitrogen and oxygen atoms in total. The van der Waals surface area contributed by atoms with E-state index in [2.05, 4.69) is 5.32 Å². The van der Waals surface area contributed by atoms with Crippen LogP contribution in [0.15, 0.2) is 0 Å². The van der Waals surface area contributed by atoms with Crippen LogP contribution in [-0.2, 0) is 9.53 Å². The number of ether oxygens (including phenoxy) is 1. The Morgan fingerprint density at radius 3 is 2.47 bits per heavy atom. The molecule has 1 aliphatic rings. The van der Waals surface area contributed by atoms with E-state index < -0.39 is 17.7 Å². The Morgan fingerprint density at radius 1 is 1.53 bits per heavy atom. The molecular formula is C9H17N3O3. The molecule has 0 spiro atoms. The van der Waals surface area contributed by atoms with Gasteiger partial charge in [-0.1, -0.05) is 0 Å². The van der Waals surface area contributed by atoms with Crippen LogP contribution in [0, 0.1) is 0 Å². The minimum Gasteiger partial charge on any atom is -0.444 e. The molecule has 2 unspecified atom stereocenters. The summed E-state index contributed by atoms with van der Waals surface area (Å²) in [4.78, 5) is 22.5. The lowest BCUT2D eigenvalue weighted by Gasteiger charge is -2.41. The highest BCUT2D eigenvalue weighted by molar-refractivity contribution is 5.91. The van der Waals surface area contributed by atoms with E-state index in [1.54, 1.807) is 27.7 Å². The molecule has 0 aliphatic carbocycles. The standard InChI is InChI=1S/C9H17N3O3/c1-5-6(7(13)12(5)10)11-8(14)15-9(2,3)4/h5-6H,10H2,1-4H3,(H,11,14). The van der Waals surface area contributed by atoms with Gasteiger partial charge in [-0.15, -0.1) is 0 Å². The van der Waals surface area contributed by atoms with Crippen molar-refractivity contribution in [2.75, 3.05) is 0 Å². The SMILES string of the molecule is CC1C(NC(=O)OC(C)(C)C)C(=O)N1N. The van der Waals surface area contributed by atoms with Gasteiger partial charge in [0.1, 0.15) is 11.6 Å². The van der Waals surface area contributed by atoms with Gasteiger partial charge >= 0.3 is 6.09 Å². The molecule has 1 aliphatic heterocycles. The zero-order chi connectivity index (χ0) is 11.8. The number of hydrogen-bond acceptors (Lipinski definition) is 4. The van der Waals surface area contributed by atoms with Crippen molar-refractivity contribution >= 4 is 12.0 Å². The third kappa shape index (κ3) is 2.59. The van der Waals surface area contributed by atoms with Crippen molar-refractivity contribution in [3.63, 3.8) is 0 Å². The van der Waals surface area contributed by atoms with Gasteiger partial charge in [0.25, 0.3) is 5.91 Å². The number of hydrogen-bond donors (Lipinski definition) is 2. The summed E-state index contributed by atoms with van der Waals surface area (Å²) in [5, 5.41) is 3.56. The van der Waals surface area contributed by atoms with Gasteiger partial charge in [-0.3, -0.25) is 9.80 Å². The van der Waals surface area contributed by atoms with Gasteiger partial charge in [-0.05, 0) is 27.7 Å². The van der Waals surface area contributed by atoms with Crippen molar-refractivity contribution in [2.45, 2.75) is 45.4 Å². The smallest absolute Gasteiger partial charge is 0.408 e. The average Bonchev–Trinajstić information content (AvgIpc) is 2.09. The Morgan fingerprint density at radius 2 is 2.07 bits per heavy atom. The lowest BCUT2D eigenvalue weighted by Crippen LogP contribution is -2.72. The molecule has 2 amide bonds. The Bertz CT molecular complexity index is 285. The molecule has 1 heterocycles. The van der Waals surface area contributed by atoms with Crippen LogP contribution in [0.5, 0.6) is 0 Å². The van der Waals surface area contributed by atoms with Crippen LogP contribution in [0.3, 0.4) is 0 Å². The second kappa shape index (κ2) is 3.69. The summed E-state index contributed by atoms with van der Waals surface area (Å²) in [6.07, 6.45) is -0.596. The third-order valence-corrected chi connectivity index (χ3v) is 2.11. The summed E-state index contributed by atoms with van der Waals surface area (Å²) in [7, 11) is 0. The third-order valence-electron chi connectivity index (χ3n) is 2.11. The number of nitrogens with two attached hydrogens (primary N) is 1.